The molecule has 1 unspecified atom stereocenters. The summed E-state index contributed by atoms with van der Waals surface area (Å²) in [6, 6.07) is 2.00. The Hall–Kier alpha value is 0.750. The highest BCUT2D eigenvalue weighted by atomic mass is 79.9. The van der Waals surface area contributed by atoms with Gasteiger partial charge in [0.05, 0.1) is 4.47 Å². The lowest BCUT2D eigenvalue weighted by Crippen LogP contribution is -1.99. The van der Waals surface area contributed by atoms with Crippen LogP contribution in [0.5, 0.6) is 0 Å². The standard InChI is InChI=1S/C9H10Br2ClNS/c1-6(3-12)5-14-9-8(11)2-7(10)4-13-9/h2,4,6H,3,5H2,1H3. The van der Waals surface area contributed by atoms with Crippen LogP contribution in [-0.2, 0) is 0 Å². The van der Waals surface area contributed by atoms with Crippen LogP contribution in [0, 0.1) is 5.92 Å². The average molecular weight is 360 g/mol. The zero-order valence-electron chi connectivity index (χ0n) is 7.64. The number of pyridine rings is 1. The van der Waals surface area contributed by atoms with E-state index in [1.165, 1.54) is 0 Å². The van der Waals surface area contributed by atoms with E-state index in [0.717, 1.165) is 19.7 Å². The molecule has 1 aromatic heterocycles. The predicted octanol–water partition coefficient (Wildman–Crippen LogP) is 4.57. The van der Waals surface area contributed by atoms with Gasteiger partial charge in [0.2, 0.25) is 0 Å². The normalized spacial score (nSPS) is 12.9. The second kappa shape index (κ2) is 6.36. The van der Waals surface area contributed by atoms with Crippen molar-refractivity contribution in [1.29, 1.82) is 0 Å². The molecule has 0 spiro atoms. The molecular weight excluding hydrogens is 349 g/mol. The van der Waals surface area contributed by atoms with Crippen molar-refractivity contribution < 1.29 is 0 Å². The van der Waals surface area contributed by atoms with Crippen LogP contribution in [0.3, 0.4) is 0 Å². The lowest BCUT2D eigenvalue weighted by Gasteiger charge is -2.07. The summed E-state index contributed by atoms with van der Waals surface area (Å²) < 4.78 is 2.01. The Morgan fingerprint density at radius 3 is 2.86 bits per heavy atom. The lowest BCUT2D eigenvalue weighted by atomic mass is 10.3. The molecule has 78 valence electrons. The Bertz CT molecular complexity index is 309. The zero-order valence-corrected chi connectivity index (χ0v) is 12.4. The van der Waals surface area contributed by atoms with Crippen LogP contribution in [0.15, 0.2) is 26.2 Å². The van der Waals surface area contributed by atoms with Crippen molar-refractivity contribution in [3.05, 3.63) is 21.2 Å². The molecule has 0 saturated carbocycles. The summed E-state index contributed by atoms with van der Waals surface area (Å²) in [6.07, 6.45) is 1.80. The van der Waals surface area contributed by atoms with E-state index in [-0.39, 0.29) is 0 Å². The van der Waals surface area contributed by atoms with Gasteiger partial charge in [-0.15, -0.1) is 23.4 Å². The molecule has 14 heavy (non-hydrogen) atoms. The molecule has 1 heterocycles. The fraction of sp³-hybridized carbons (Fsp3) is 0.444. The Labute approximate surface area is 110 Å². The third-order valence-electron chi connectivity index (χ3n) is 1.54. The van der Waals surface area contributed by atoms with Crippen molar-refractivity contribution in [2.45, 2.75) is 11.9 Å². The fourth-order valence-electron chi connectivity index (χ4n) is 0.774. The predicted molar refractivity (Wildman–Crippen MR) is 70.2 cm³/mol. The minimum Gasteiger partial charge on any atom is -0.248 e. The van der Waals surface area contributed by atoms with Crippen LogP contribution in [0.4, 0.5) is 0 Å². The molecule has 0 aliphatic carbocycles. The maximum Gasteiger partial charge on any atom is 0.110 e. The van der Waals surface area contributed by atoms with Gasteiger partial charge in [-0.05, 0) is 43.8 Å². The third-order valence-corrected chi connectivity index (χ3v) is 4.70. The molecule has 0 N–H and O–H groups in total. The van der Waals surface area contributed by atoms with E-state index in [1.807, 2.05) is 6.07 Å². The van der Waals surface area contributed by atoms with Gasteiger partial charge < -0.3 is 0 Å². The van der Waals surface area contributed by atoms with Crippen molar-refractivity contribution in [3.63, 3.8) is 0 Å². The molecule has 0 aliphatic rings. The highest BCUT2D eigenvalue weighted by Crippen LogP contribution is 2.28. The van der Waals surface area contributed by atoms with Crippen molar-refractivity contribution in [3.8, 4) is 0 Å². The van der Waals surface area contributed by atoms with Crippen LogP contribution < -0.4 is 0 Å². The zero-order chi connectivity index (χ0) is 10.6. The molecule has 0 bridgehead atoms. The first kappa shape index (κ1) is 12.8. The molecule has 0 aromatic carbocycles. The minimum absolute atomic E-state index is 0.513. The van der Waals surface area contributed by atoms with E-state index in [2.05, 4.69) is 43.8 Å². The van der Waals surface area contributed by atoms with Crippen LogP contribution in [0.1, 0.15) is 6.92 Å². The van der Waals surface area contributed by atoms with Crippen molar-refractivity contribution in [2.75, 3.05) is 11.6 Å². The molecule has 0 amide bonds. The first-order valence-corrected chi connectivity index (χ1v) is 7.24. The van der Waals surface area contributed by atoms with Crippen LogP contribution in [0.2, 0.25) is 0 Å². The SMILES string of the molecule is CC(CCl)CSc1ncc(Br)cc1Br. The summed E-state index contributed by atoms with van der Waals surface area (Å²) in [5.41, 5.74) is 0. The fourth-order valence-corrected chi connectivity index (χ4v) is 3.23. The minimum atomic E-state index is 0.513. The van der Waals surface area contributed by atoms with Gasteiger partial charge in [-0.25, -0.2) is 4.98 Å². The average Bonchev–Trinajstić information content (AvgIpc) is 2.16. The summed E-state index contributed by atoms with van der Waals surface area (Å²) in [5.74, 6) is 2.21. The summed E-state index contributed by atoms with van der Waals surface area (Å²) in [4.78, 5) is 4.31. The molecule has 1 rings (SSSR count). The van der Waals surface area contributed by atoms with Gasteiger partial charge in [-0.3, -0.25) is 0 Å². The molecule has 0 aliphatic heterocycles. The van der Waals surface area contributed by atoms with Crippen molar-refractivity contribution in [1.82, 2.24) is 4.98 Å². The van der Waals surface area contributed by atoms with Crippen LogP contribution in [-0.4, -0.2) is 16.6 Å². The number of rotatable bonds is 4. The maximum atomic E-state index is 5.73. The number of thioether (sulfide) groups is 1. The Morgan fingerprint density at radius 1 is 1.57 bits per heavy atom. The number of nitrogens with zero attached hydrogens (tertiary/aromatic N) is 1. The summed E-state index contributed by atoms with van der Waals surface area (Å²) in [5, 5.41) is 1.02. The van der Waals surface area contributed by atoms with Gasteiger partial charge in [-0.1, -0.05) is 6.92 Å². The highest BCUT2D eigenvalue weighted by Gasteiger charge is 2.06. The topological polar surface area (TPSA) is 12.9 Å². The summed E-state index contributed by atoms with van der Waals surface area (Å²) in [7, 11) is 0. The molecule has 5 heteroatoms. The second-order valence-corrected chi connectivity index (χ2v) is 6.10. The van der Waals surface area contributed by atoms with Gasteiger partial charge in [0, 0.05) is 22.3 Å². The molecule has 0 radical (unpaired) electrons. The van der Waals surface area contributed by atoms with Gasteiger partial charge in [-0.2, -0.15) is 0 Å². The number of hydrogen-bond donors (Lipinski definition) is 0. The first-order chi connectivity index (χ1) is 6.63. The van der Waals surface area contributed by atoms with Crippen molar-refractivity contribution >= 4 is 55.2 Å². The molecule has 0 saturated heterocycles. The van der Waals surface area contributed by atoms with E-state index < -0.39 is 0 Å². The van der Waals surface area contributed by atoms with Crippen LogP contribution in [0.25, 0.3) is 0 Å². The number of hydrogen-bond acceptors (Lipinski definition) is 2. The quantitative estimate of drug-likeness (QED) is 0.577. The number of alkyl halides is 1. The lowest BCUT2D eigenvalue weighted by molar-refractivity contribution is 0.758. The smallest absolute Gasteiger partial charge is 0.110 e. The van der Waals surface area contributed by atoms with Gasteiger partial charge in [0.25, 0.3) is 0 Å². The van der Waals surface area contributed by atoms with E-state index in [9.17, 15) is 0 Å². The van der Waals surface area contributed by atoms with E-state index >= 15 is 0 Å². The molecule has 0 fully saturated rings. The molecule has 1 atom stereocenters. The monoisotopic (exact) mass is 357 g/mol. The summed E-state index contributed by atoms with van der Waals surface area (Å²) in [6.45, 7) is 2.13. The van der Waals surface area contributed by atoms with E-state index in [1.54, 1.807) is 18.0 Å². The van der Waals surface area contributed by atoms with Crippen molar-refractivity contribution in [2.24, 2.45) is 5.92 Å². The van der Waals surface area contributed by atoms with E-state index in [4.69, 9.17) is 11.6 Å². The first-order valence-electron chi connectivity index (χ1n) is 4.13. The molecular formula is C9H10Br2ClNS. The van der Waals surface area contributed by atoms with Gasteiger partial charge in [0.15, 0.2) is 0 Å². The molecule has 1 nitrogen and oxygen atoms in total. The number of halogens is 3. The van der Waals surface area contributed by atoms with E-state index in [0.29, 0.717) is 11.8 Å². The third kappa shape index (κ3) is 4.09. The summed E-state index contributed by atoms with van der Waals surface area (Å²) >= 11 is 14.3. The number of aromatic nitrogens is 1. The van der Waals surface area contributed by atoms with Gasteiger partial charge >= 0.3 is 0 Å². The Morgan fingerprint density at radius 2 is 2.29 bits per heavy atom. The maximum absolute atomic E-state index is 5.73. The van der Waals surface area contributed by atoms with Crippen LogP contribution >= 0.6 is 55.2 Å². The molecule has 1 aromatic rings. The largest absolute Gasteiger partial charge is 0.248 e. The second-order valence-electron chi connectivity index (χ2n) is 3.01. The highest BCUT2D eigenvalue weighted by molar-refractivity contribution is 9.11. The van der Waals surface area contributed by atoms with Gasteiger partial charge in [0.1, 0.15) is 5.03 Å². The Balaban J connectivity index is 2.59. The Kier molecular flexibility index (Phi) is 5.82.